The maximum Gasteiger partial charge on any atom is 0.222 e. The molecule has 7 nitrogen and oxygen atoms in total. The summed E-state index contributed by atoms with van der Waals surface area (Å²) in [4.78, 5) is 27.4. The van der Waals surface area contributed by atoms with E-state index in [0.717, 1.165) is 16.8 Å². The van der Waals surface area contributed by atoms with Crippen molar-refractivity contribution >= 4 is 33.9 Å². The van der Waals surface area contributed by atoms with Gasteiger partial charge < -0.3 is 4.90 Å². The zero-order valence-electron chi connectivity index (χ0n) is 22.1. The van der Waals surface area contributed by atoms with Crippen LogP contribution in [0.1, 0.15) is 58.9 Å². The summed E-state index contributed by atoms with van der Waals surface area (Å²) >= 11 is 0. The maximum absolute atomic E-state index is 13.1. The summed E-state index contributed by atoms with van der Waals surface area (Å²) in [7, 11) is -3.43. The fourth-order valence-corrected chi connectivity index (χ4v) is 5.58. The van der Waals surface area contributed by atoms with Gasteiger partial charge in [0.15, 0.2) is 9.84 Å². The molecule has 1 aliphatic rings. The molecule has 0 spiro atoms. The van der Waals surface area contributed by atoms with Gasteiger partial charge in [-0.2, -0.15) is 0 Å². The molecule has 1 aliphatic heterocycles. The highest BCUT2D eigenvalue weighted by molar-refractivity contribution is 7.92. The zero-order valence-corrected chi connectivity index (χ0v) is 22.9. The van der Waals surface area contributed by atoms with Crippen LogP contribution in [-0.4, -0.2) is 68.3 Å². The molecule has 1 fully saturated rings. The van der Waals surface area contributed by atoms with Crippen LogP contribution < -0.4 is 0 Å². The molecule has 8 heteroatoms. The molecule has 0 aromatic heterocycles. The van der Waals surface area contributed by atoms with E-state index in [2.05, 4.69) is 16.6 Å². The lowest BCUT2D eigenvalue weighted by Crippen LogP contribution is -2.42. The van der Waals surface area contributed by atoms with E-state index >= 15 is 0 Å². The molecule has 1 heterocycles. The number of nitrogens with zero attached hydrogens (tertiary/aromatic N) is 4. The number of piperidine rings is 1. The van der Waals surface area contributed by atoms with Crippen molar-refractivity contribution in [3.05, 3.63) is 54.1 Å². The lowest BCUT2D eigenvalue weighted by molar-refractivity contribution is -0.131. The molecular weight excluding hydrogens is 472 g/mol. The Labute approximate surface area is 216 Å². The Morgan fingerprint density at radius 1 is 1.19 bits per heavy atom. The standard InChI is InChI=1S/C28H40N4O3S/c1-6-16-29-17-8-9-25(21-30-22(3)4)23(5)31-20-24-10-12-26(13-11-24)36(34,35)27-14-18-32(19-15-27)28(33)7-2/h6,9-13,17,21-22,27H,1,7-8,14-16,18-20H2,2-5H3/b25-9+,29-17?,30-21?,31-23?. The number of aliphatic imine (C=N–C) groups is 3. The van der Waals surface area contributed by atoms with E-state index in [9.17, 15) is 13.2 Å². The highest BCUT2D eigenvalue weighted by atomic mass is 32.2. The normalized spacial score (nSPS) is 16.4. The third-order valence-electron chi connectivity index (χ3n) is 6.02. The Kier molecular flexibility index (Phi) is 11.9. The fourth-order valence-electron chi connectivity index (χ4n) is 3.84. The number of hydrogen-bond acceptors (Lipinski definition) is 6. The van der Waals surface area contributed by atoms with E-state index in [1.807, 2.05) is 58.3 Å². The third-order valence-corrected chi connectivity index (χ3v) is 8.30. The van der Waals surface area contributed by atoms with Gasteiger partial charge in [0.1, 0.15) is 0 Å². The summed E-state index contributed by atoms with van der Waals surface area (Å²) in [5.41, 5.74) is 2.74. The molecule has 196 valence electrons. The first kappa shape index (κ1) is 29.4. The third kappa shape index (κ3) is 8.97. The molecule has 0 radical (unpaired) electrons. The Balaban J connectivity index is 2.07. The van der Waals surface area contributed by atoms with Crippen LogP contribution in [-0.2, 0) is 21.2 Å². The average Bonchev–Trinajstić information content (AvgIpc) is 2.88. The average molecular weight is 513 g/mol. The molecule has 1 amide bonds. The Morgan fingerprint density at radius 2 is 1.86 bits per heavy atom. The van der Waals surface area contributed by atoms with E-state index < -0.39 is 15.1 Å². The number of carbonyl (C=O) groups excluding carboxylic acids is 1. The van der Waals surface area contributed by atoms with Crippen molar-refractivity contribution < 1.29 is 13.2 Å². The van der Waals surface area contributed by atoms with Gasteiger partial charge in [0.2, 0.25) is 5.91 Å². The molecule has 0 atom stereocenters. The predicted molar refractivity (Wildman–Crippen MR) is 150 cm³/mol. The van der Waals surface area contributed by atoms with Crippen LogP contribution in [0.4, 0.5) is 0 Å². The first-order chi connectivity index (χ1) is 17.2. The molecule has 36 heavy (non-hydrogen) atoms. The summed E-state index contributed by atoms with van der Waals surface area (Å²) in [5, 5.41) is -0.451. The minimum atomic E-state index is -3.43. The second kappa shape index (κ2) is 14.6. The summed E-state index contributed by atoms with van der Waals surface area (Å²) in [6.07, 6.45) is 9.58. The molecule has 0 N–H and O–H groups in total. The first-order valence-corrected chi connectivity index (χ1v) is 14.2. The fraction of sp³-hybridized carbons (Fsp3) is 0.500. The van der Waals surface area contributed by atoms with E-state index in [0.29, 0.717) is 56.8 Å². The minimum absolute atomic E-state index is 0.0837. The minimum Gasteiger partial charge on any atom is -0.343 e. The van der Waals surface area contributed by atoms with Gasteiger partial charge in [0.05, 0.1) is 23.2 Å². The van der Waals surface area contributed by atoms with Gasteiger partial charge in [-0.3, -0.25) is 19.8 Å². The van der Waals surface area contributed by atoms with Gasteiger partial charge >= 0.3 is 0 Å². The van der Waals surface area contributed by atoms with E-state index in [1.165, 1.54) is 0 Å². The highest BCUT2D eigenvalue weighted by Gasteiger charge is 2.32. The van der Waals surface area contributed by atoms with Crippen LogP contribution in [0.3, 0.4) is 0 Å². The van der Waals surface area contributed by atoms with Crippen molar-refractivity contribution in [2.75, 3.05) is 19.6 Å². The van der Waals surface area contributed by atoms with Gasteiger partial charge in [0.25, 0.3) is 0 Å². The predicted octanol–water partition coefficient (Wildman–Crippen LogP) is 4.87. The highest BCUT2D eigenvalue weighted by Crippen LogP contribution is 2.25. The molecule has 2 rings (SSSR count). The Bertz CT molecular complexity index is 1090. The van der Waals surface area contributed by atoms with Crippen LogP contribution in [0.15, 0.2) is 68.4 Å². The van der Waals surface area contributed by atoms with Gasteiger partial charge in [0, 0.05) is 55.7 Å². The van der Waals surface area contributed by atoms with Crippen LogP contribution in [0, 0.1) is 0 Å². The van der Waals surface area contributed by atoms with Crippen molar-refractivity contribution in [1.82, 2.24) is 4.90 Å². The Morgan fingerprint density at radius 3 is 2.44 bits per heavy atom. The van der Waals surface area contributed by atoms with E-state index in [4.69, 9.17) is 4.99 Å². The second-order valence-corrected chi connectivity index (χ2v) is 11.4. The molecular formula is C28H40N4O3S. The smallest absolute Gasteiger partial charge is 0.222 e. The number of allylic oxidation sites excluding steroid dienone is 2. The first-order valence-electron chi connectivity index (χ1n) is 12.6. The van der Waals surface area contributed by atoms with Crippen LogP contribution in [0.25, 0.3) is 0 Å². The Hall–Kier alpha value is -2.87. The van der Waals surface area contributed by atoms with Crippen molar-refractivity contribution in [2.45, 2.75) is 76.1 Å². The number of carbonyl (C=O) groups is 1. The van der Waals surface area contributed by atoms with Crippen molar-refractivity contribution in [3.8, 4) is 0 Å². The van der Waals surface area contributed by atoms with Gasteiger partial charge in [-0.05, 0) is 51.3 Å². The van der Waals surface area contributed by atoms with E-state index in [-0.39, 0.29) is 11.9 Å². The number of hydrogen-bond donors (Lipinski definition) is 0. The summed E-state index contributed by atoms with van der Waals surface area (Å²) < 4.78 is 26.2. The molecule has 0 saturated carbocycles. The summed E-state index contributed by atoms with van der Waals surface area (Å²) in [6, 6.07) is 7.18. The van der Waals surface area contributed by atoms with Crippen molar-refractivity contribution in [1.29, 1.82) is 0 Å². The largest absolute Gasteiger partial charge is 0.343 e. The monoisotopic (exact) mass is 512 g/mol. The van der Waals surface area contributed by atoms with Crippen LogP contribution in [0.2, 0.25) is 0 Å². The number of amides is 1. The topological polar surface area (TPSA) is 91.5 Å². The van der Waals surface area contributed by atoms with Crippen LogP contribution in [0.5, 0.6) is 0 Å². The van der Waals surface area contributed by atoms with Crippen molar-refractivity contribution in [2.24, 2.45) is 15.0 Å². The number of likely N-dealkylation sites (tertiary alicyclic amines) is 1. The SMILES string of the molecule is C=CCN=CC/C=C(\C=NC(C)C)C(C)=NCc1ccc(S(=O)(=O)C2CCN(C(=O)CC)CC2)cc1. The molecule has 0 unspecified atom stereocenters. The lowest BCUT2D eigenvalue weighted by atomic mass is 10.1. The van der Waals surface area contributed by atoms with Gasteiger partial charge in [-0.25, -0.2) is 8.42 Å². The summed E-state index contributed by atoms with van der Waals surface area (Å²) in [5.74, 6) is 0.0837. The molecule has 1 saturated heterocycles. The zero-order chi connectivity index (χ0) is 26.6. The summed E-state index contributed by atoms with van der Waals surface area (Å²) in [6.45, 7) is 13.5. The van der Waals surface area contributed by atoms with Crippen LogP contribution >= 0.6 is 0 Å². The van der Waals surface area contributed by atoms with Gasteiger partial charge in [-0.1, -0.05) is 31.2 Å². The van der Waals surface area contributed by atoms with Gasteiger partial charge in [-0.15, -0.1) is 6.58 Å². The molecule has 0 aliphatic carbocycles. The molecule has 1 aromatic carbocycles. The number of rotatable bonds is 12. The number of benzene rings is 1. The lowest BCUT2D eigenvalue weighted by Gasteiger charge is -2.31. The maximum atomic E-state index is 13.1. The quantitative estimate of drug-likeness (QED) is 0.295. The van der Waals surface area contributed by atoms with E-state index in [1.54, 1.807) is 23.1 Å². The second-order valence-electron chi connectivity index (χ2n) is 9.13. The molecule has 1 aromatic rings. The molecule has 0 bridgehead atoms. The van der Waals surface area contributed by atoms with Crippen molar-refractivity contribution in [3.63, 3.8) is 0 Å². The number of sulfone groups is 1.